The van der Waals surface area contributed by atoms with Gasteiger partial charge in [-0.2, -0.15) is 0 Å². The third-order valence-electron chi connectivity index (χ3n) is 3.53. The minimum Gasteiger partial charge on any atom is -0.497 e. The van der Waals surface area contributed by atoms with E-state index < -0.39 is 0 Å². The van der Waals surface area contributed by atoms with E-state index >= 15 is 0 Å². The number of rotatable bonds is 3. The van der Waals surface area contributed by atoms with E-state index in [2.05, 4.69) is 19.1 Å². The molecule has 0 radical (unpaired) electrons. The van der Waals surface area contributed by atoms with Gasteiger partial charge in [0, 0.05) is 5.54 Å². The molecule has 15 heavy (non-hydrogen) atoms. The second kappa shape index (κ2) is 3.86. The summed E-state index contributed by atoms with van der Waals surface area (Å²) in [5, 5.41) is 0. The van der Waals surface area contributed by atoms with Gasteiger partial charge < -0.3 is 10.5 Å². The van der Waals surface area contributed by atoms with Crippen molar-refractivity contribution < 1.29 is 4.74 Å². The van der Waals surface area contributed by atoms with Crippen LogP contribution >= 0.6 is 0 Å². The van der Waals surface area contributed by atoms with Crippen LogP contribution in [0.15, 0.2) is 24.3 Å². The van der Waals surface area contributed by atoms with Crippen LogP contribution in [0.4, 0.5) is 0 Å². The van der Waals surface area contributed by atoms with E-state index in [1.165, 1.54) is 12.0 Å². The van der Waals surface area contributed by atoms with Crippen molar-refractivity contribution in [3.63, 3.8) is 0 Å². The van der Waals surface area contributed by atoms with E-state index in [1.807, 2.05) is 12.1 Å². The smallest absolute Gasteiger partial charge is 0.119 e. The zero-order valence-electron chi connectivity index (χ0n) is 9.49. The molecule has 1 aromatic rings. The van der Waals surface area contributed by atoms with Crippen LogP contribution in [0.5, 0.6) is 5.75 Å². The highest BCUT2D eigenvalue weighted by Gasteiger charge is 2.41. The van der Waals surface area contributed by atoms with Crippen LogP contribution in [0.25, 0.3) is 0 Å². The summed E-state index contributed by atoms with van der Waals surface area (Å²) in [5.41, 5.74) is 7.47. The van der Waals surface area contributed by atoms with Crippen LogP contribution in [0.2, 0.25) is 0 Å². The van der Waals surface area contributed by atoms with E-state index in [0.717, 1.165) is 24.5 Å². The summed E-state index contributed by atoms with van der Waals surface area (Å²) in [6, 6.07) is 8.14. The number of hydrogen-bond acceptors (Lipinski definition) is 2. The van der Waals surface area contributed by atoms with Gasteiger partial charge in [-0.15, -0.1) is 0 Å². The molecule has 1 saturated carbocycles. The van der Waals surface area contributed by atoms with Gasteiger partial charge in [0.05, 0.1) is 7.11 Å². The summed E-state index contributed by atoms with van der Waals surface area (Å²) < 4.78 is 5.22. The summed E-state index contributed by atoms with van der Waals surface area (Å²) in [5.74, 6) is 1.71. The van der Waals surface area contributed by atoms with Crippen molar-refractivity contribution in [2.45, 2.75) is 31.7 Å². The summed E-state index contributed by atoms with van der Waals surface area (Å²) in [4.78, 5) is 0. The van der Waals surface area contributed by atoms with Crippen molar-refractivity contribution in [3.8, 4) is 5.75 Å². The van der Waals surface area contributed by atoms with Crippen molar-refractivity contribution in [2.24, 2.45) is 11.7 Å². The third-order valence-corrected chi connectivity index (χ3v) is 3.53. The Balaban J connectivity index is 2.16. The molecule has 0 atom stereocenters. The Morgan fingerprint density at radius 3 is 2.80 bits per heavy atom. The topological polar surface area (TPSA) is 35.2 Å². The highest BCUT2D eigenvalue weighted by molar-refractivity contribution is 5.34. The average Bonchev–Trinajstić information content (AvgIpc) is 2.24. The maximum absolute atomic E-state index is 6.36. The van der Waals surface area contributed by atoms with Crippen molar-refractivity contribution in [1.29, 1.82) is 0 Å². The molecule has 0 saturated heterocycles. The third kappa shape index (κ3) is 1.86. The average molecular weight is 205 g/mol. The molecule has 2 rings (SSSR count). The molecule has 2 N–H and O–H groups in total. The molecule has 1 aliphatic carbocycles. The Morgan fingerprint density at radius 1 is 1.47 bits per heavy atom. The first-order valence-corrected chi connectivity index (χ1v) is 5.61. The lowest BCUT2D eigenvalue weighted by Gasteiger charge is -2.45. The van der Waals surface area contributed by atoms with Gasteiger partial charge in [0.15, 0.2) is 0 Å². The van der Waals surface area contributed by atoms with Crippen molar-refractivity contribution in [2.75, 3.05) is 7.11 Å². The van der Waals surface area contributed by atoms with Gasteiger partial charge in [-0.3, -0.25) is 0 Å². The quantitative estimate of drug-likeness (QED) is 0.823. The number of ether oxygens (including phenoxy) is 1. The first-order chi connectivity index (χ1) is 7.18. The fourth-order valence-electron chi connectivity index (χ4n) is 2.43. The monoisotopic (exact) mass is 205 g/mol. The largest absolute Gasteiger partial charge is 0.497 e. The van der Waals surface area contributed by atoms with Gasteiger partial charge in [0.1, 0.15) is 5.75 Å². The number of benzene rings is 1. The lowest BCUT2D eigenvalue weighted by atomic mass is 9.64. The standard InChI is InChI=1S/C13H19NO/c1-3-10-8-13(14,9-10)11-5-4-6-12(7-11)15-2/h4-7,10H,3,8-9,14H2,1-2H3. The van der Waals surface area contributed by atoms with Crippen LogP contribution in [-0.4, -0.2) is 7.11 Å². The minimum absolute atomic E-state index is 0.102. The lowest BCUT2D eigenvalue weighted by molar-refractivity contribution is 0.143. The first-order valence-electron chi connectivity index (χ1n) is 5.61. The van der Waals surface area contributed by atoms with Crippen LogP contribution in [0.1, 0.15) is 31.7 Å². The number of nitrogens with two attached hydrogens (primary N) is 1. The predicted molar refractivity (Wildman–Crippen MR) is 61.9 cm³/mol. The molecule has 2 heteroatoms. The second-order valence-electron chi connectivity index (χ2n) is 4.57. The SMILES string of the molecule is CCC1CC(N)(c2cccc(OC)c2)C1. The molecule has 1 aromatic carbocycles. The zero-order chi connectivity index (χ0) is 10.9. The summed E-state index contributed by atoms with van der Waals surface area (Å²) >= 11 is 0. The molecule has 2 nitrogen and oxygen atoms in total. The molecule has 0 amide bonds. The van der Waals surface area contributed by atoms with Crippen molar-refractivity contribution in [1.82, 2.24) is 0 Å². The number of hydrogen-bond donors (Lipinski definition) is 1. The molecule has 0 aliphatic heterocycles. The van der Waals surface area contributed by atoms with E-state index in [0.29, 0.717) is 0 Å². The fraction of sp³-hybridized carbons (Fsp3) is 0.538. The Labute approximate surface area is 91.4 Å². The van der Waals surface area contributed by atoms with Crippen LogP contribution in [-0.2, 0) is 5.54 Å². The second-order valence-corrected chi connectivity index (χ2v) is 4.57. The number of methoxy groups -OCH3 is 1. The minimum atomic E-state index is -0.102. The maximum atomic E-state index is 6.36. The first kappa shape index (κ1) is 10.5. The lowest BCUT2D eigenvalue weighted by Crippen LogP contribution is -2.48. The van der Waals surface area contributed by atoms with Gasteiger partial charge >= 0.3 is 0 Å². The van der Waals surface area contributed by atoms with Crippen LogP contribution in [0, 0.1) is 5.92 Å². The molecule has 0 heterocycles. The molecule has 82 valence electrons. The van der Waals surface area contributed by atoms with Crippen molar-refractivity contribution in [3.05, 3.63) is 29.8 Å². The highest BCUT2D eigenvalue weighted by atomic mass is 16.5. The van der Waals surface area contributed by atoms with E-state index in [9.17, 15) is 0 Å². The Morgan fingerprint density at radius 2 is 2.20 bits per heavy atom. The van der Waals surface area contributed by atoms with Crippen LogP contribution in [0.3, 0.4) is 0 Å². The van der Waals surface area contributed by atoms with Gasteiger partial charge in [0.2, 0.25) is 0 Å². The van der Waals surface area contributed by atoms with Gasteiger partial charge in [0.25, 0.3) is 0 Å². The van der Waals surface area contributed by atoms with E-state index in [1.54, 1.807) is 7.11 Å². The van der Waals surface area contributed by atoms with Crippen LogP contribution < -0.4 is 10.5 Å². The summed E-state index contributed by atoms with van der Waals surface area (Å²) in [6.07, 6.45) is 3.45. The molecule has 1 fully saturated rings. The molecular formula is C13H19NO. The highest BCUT2D eigenvalue weighted by Crippen LogP contribution is 2.45. The Hall–Kier alpha value is -1.02. The fourth-order valence-corrected chi connectivity index (χ4v) is 2.43. The molecular weight excluding hydrogens is 186 g/mol. The van der Waals surface area contributed by atoms with E-state index in [-0.39, 0.29) is 5.54 Å². The molecule has 1 aliphatic rings. The molecule has 0 unspecified atom stereocenters. The molecule has 0 bridgehead atoms. The normalized spacial score (nSPS) is 29.7. The Bertz CT molecular complexity index is 342. The summed E-state index contributed by atoms with van der Waals surface area (Å²) in [7, 11) is 1.69. The molecule has 0 aromatic heterocycles. The Kier molecular flexibility index (Phi) is 2.70. The van der Waals surface area contributed by atoms with Gasteiger partial charge in [-0.25, -0.2) is 0 Å². The van der Waals surface area contributed by atoms with Gasteiger partial charge in [-0.1, -0.05) is 25.5 Å². The van der Waals surface area contributed by atoms with E-state index in [4.69, 9.17) is 10.5 Å². The maximum Gasteiger partial charge on any atom is 0.119 e. The summed E-state index contributed by atoms with van der Waals surface area (Å²) in [6.45, 7) is 2.23. The van der Waals surface area contributed by atoms with Gasteiger partial charge in [-0.05, 0) is 36.5 Å². The van der Waals surface area contributed by atoms with Crippen molar-refractivity contribution >= 4 is 0 Å². The molecule has 0 spiro atoms. The predicted octanol–water partition coefficient (Wildman–Crippen LogP) is 2.67. The zero-order valence-corrected chi connectivity index (χ0v) is 9.49.